The Kier molecular flexibility index (Phi) is 6.71. The number of nitrogens with two attached hydrogens (primary N) is 1. The maximum Gasteiger partial charge on any atom is 0.238 e. The zero-order valence-electron chi connectivity index (χ0n) is 16.9. The van der Waals surface area contributed by atoms with Gasteiger partial charge in [0.1, 0.15) is 18.3 Å². The van der Waals surface area contributed by atoms with Crippen molar-refractivity contribution in [1.29, 1.82) is 0 Å². The van der Waals surface area contributed by atoms with Crippen LogP contribution in [0, 0.1) is 12.7 Å². The quantitative estimate of drug-likeness (QED) is 0.648. The molecule has 0 spiro atoms. The summed E-state index contributed by atoms with van der Waals surface area (Å²) in [4.78, 5) is 3.59. The summed E-state index contributed by atoms with van der Waals surface area (Å²) in [5, 5.41) is 20.2. The second kappa shape index (κ2) is 9.09. The molecule has 1 aliphatic heterocycles. The highest BCUT2D eigenvalue weighted by Crippen LogP contribution is 2.29. The molecule has 0 aromatic heterocycles. The molecule has 1 heterocycles. The zero-order valence-corrected chi connectivity index (χ0v) is 17.8. The number of likely N-dealkylation sites (N-methyl/N-ethyl adjacent to an activating group) is 1. The van der Waals surface area contributed by atoms with Crippen molar-refractivity contribution in [3.05, 3.63) is 59.4 Å². The van der Waals surface area contributed by atoms with Crippen molar-refractivity contribution in [2.45, 2.75) is 24.4 Å². The number of benzene rings is 2. The van der Waals surface area contributed by atoms with Gasteiger partial charge in [0.15, 0.2) is 0 Å². The van der Waals surface area contributed by atoms with Crippen LogP contribution in [0.3, 0.4) is 0 Å². The van der Waals surface area contributed by atoms with E-state index in [4.69, 9.17) is 5.14 Å². The Morgan fingerprint density at radius 1 is 1.27 bits per heavy atom. The smallest absolute Gasteiger partial charge is 0.238 e. The zero-order chi connectivity index (χ0) is 21.9. The average Bonchev–Trinajstić information content (AvgIpc) is 3.03. The molecule has 2 aromatic rings. The molecule has 2 aromatic carbocycles. The van der Waals surface area contributed by atoms with Crippen molar-refractivity contribution in [2.24, 2.45) is 10.2 Å². The van der Waals surface area contributed by atoms with Gasteiger partial charge in [-0.2, -0.15) is 5.10 Å². The standard InChI is InChI=1S/C20H26FN5O3S/c1-15-4-3-5-16(10-15)11-20-25(14-24(2)8-9-27)13-23-26(20)19-7-6-17(12-18(19)21)30(22,28)29/h3-7,10,12-13,20,27H,8-9,11,14H2,1-2H3,(H2,22,28,29). The molecule has 8 nitrogen and oxygen atoms in total. The predicted molar refractivity (Wildman–Crippen MR) is 114 cm³/mol. The van der Waals surface area contributed by atoms with Gasteiger partial charge in [-0.1, -0.05) is 29.8 Å². The molecule has 0 fully saturated rings. The Bertz CT molecular complexity index is 1030. The van der Waals surface area contributed by atoms with E-state index in [0.717, 1.165) is 17.2 Å². The molecule has 1 unspecified atom stereocenters. The maximum absolute atomic E-state index is 14.8. The molecule has 0 saturated heterocycles. The molecule has 0 saturated carbocycles. The maximum atomic E-state index is 14.8. The number of anilines is 1. The van der Waals surface area contributed by atoms with Gasteiger partial charge in [-0.15, -0.1) is 0 Å². The molecule has 0 amide bonds. The summed E-state index contributed by atoms with van der Waals surface area (Å²) in [5.41, 5.74) is 2.33. The van der Waals surface area contributed by atoms with E-state index in [-0.39, 0.29) is 23.4 Å². The molecular formula is C20H26FN5O3S. The fourth-order valence-corrected chi connectivity index (χ4v) is 3.92. The molecular weight excluding hydrogens is 409 g/mol. The van der Waals surface area contributed by atoms with Gasteiger partial charge in [0.25, 0.3) is 0 Å². The minimum atomic E-state index is -4.00. The van der Waals surface area contributed by atoms with Crippen molar-refractivity contribution >= 4 is 22.0 Å². The third-order valence-electron chi connectivity index (χ3n) is 4.87. The first-order valence-electron chi connectivity index (χ1n) is 9.45. The molecule has 30 heavy (non-hydrogen) atoms. The van der Waals surface area contributed by atoms with Crippen LogP contribution in [0.1, 0.15) is 11.1 Å². The molecule has 3 N–H and O–H groups in total. The summed E-state index contributed by atoms with van der Waals surface area (Å²) in [7, 11) is -2.13. The van der Waals surface area contributed by atoms with Crippen LogP contribution in [0.5, 0.6) is 0 Å². The number of rotatable bonds is 8. The number of aliphatic hydroxyl groups is 1. The average molecular weight is 436 g/mol. The predicted octanol–water partition coefficient (Wildman–Crippen LogP) is 1.30. The topological polar surface area (TPSA) is 102 Å². The van der Waals surface area contributed by atoms with Gasteiger partial charge in [0, 0.05) is 13.0 Å². The molecule has 162 valence electrons. The number of aryl methyl sites for hydroxylation is 1. The van der Waals surface area contributed by atoms with Crippen LogP contribution >= 0.6 is 0 Å². The van der Waals surface area contributed by atoms with Crippen LogP contribution in [0.25, 0.3) is 0 Å². The minimum Gasteiger partial charge on any atom is -0.395 e. The van der Waals surface area contributed by atoms with Gasteiger partial charge >= 0.3 is 0 Å². The Hall–Kier alpha value is -2.53. The van der Waals surface area contributed by atoms with Crippen LogP contribution in [0.15, 0.2) is 52.5 Å². The van der Waals surface area contributed by atoms with Gasteiger partial charge in [-0.3, -0.25) is 4.90 Å². The van der Waals surface area contributed by atoms with Crippen molar-refractivity contribution in [2.75, 3.05) is 31.9 Å². The van der Waals surface area contributed by atoms with E-state index in [2.05, 4.69) is 11.2 Å². The number of halogens is 1. The molecule has 0 aliphatic carbocycles. The van der Waals surface area contributed by atoms with E-state index in [1.165, 1.54) is 17.1 Å². The van der Waals surface area contributed by atoms with Gasteiger partial charge in [0.05, 0.1) is 23.9 Å². The molecule has 1 aliphatic rings. The molecule has 10 heteroatoms. The largest absolute Gasteiger partial charge is 0.395 e. The third kappa shape index (κ3) is 5.14. The van der Waals surface area contributed by atoms with E-state index >= 15 is 0 Å². The second-order valence-electron chi connectivity index (χ2n) is 7.37. The SMILES string of the molecule is Cc1cccc(CC2N(CN(C)CCO)C=NN2c2ccc(S(N)(=O)=O)cc2F)c1. The van der Waals surface area contributed by atoms with Crippen LogP contribution < -0.4 is 10.1 Å². The normalized spacial score (nSPS) is 16.7. The first kappa shape index (κ1) is 22.2. The molecule has 0 bridgehead atoms. The number of hydrogen-bond donors (Lipinski definition) is 2. The van der Waals surface area contributed by atoms with Gasteiger partial charge in [-0.05, 0) is 37.7 Å². The number of primary sulfonamides is 1. The Morgan fingerprint density at radius 2 is 2.03 bits per heavy atom. The number of sulfonamides is 1. The van der Waals surface area contributed by atoms with E-state index < -0.39 is 15.8 Å². The second-order valence-corrected chi connectivity index (χ2v) is 8.93. The van der Waals surface area contributed by atoms with Gasteiger partial charge < -0.3 is 10.0 Å². The number of hydrogen-bond acceptors (Lipinski definition) is 7. The number of nitrogens with zero attached hydrogens (tertiary/aromatic N) is 4. The van der Waals surface area contributed by atoms with Crippen molar-refractivity contribution in [1.82, 2.24) is 9.80 Å². The molecule has 3 rings (SSSR count). The number of aliphatic hydroxyl groups excluding tert-OH is 1. The van der Waals surface area contributed by atoms with Crippen LogP contribution in [0.4, 0.5) is 10.1 Å². The fraction of sp³-hybridized carbons (Fsp3) is 0.350. The monoisotopic (exact) mass is 435 g/mol. The number of hydrazone groups is 1. The van der Waals surface area contributed by atoms with E-state index in [0.29, 0.717) is 19.6 Å². The van der Waals surface area contributed by atoms with Gasteiger partial charge in [0.2, 0.25) is 10.0 Å². The highest BCUT2D eigenvalue weighted by atomic mass is 32.2. The van der Waals surface area contributed by atoms with Gasteiger partial charge in [-0.25, -0.2) is 23.0 Å². The fourth-order valence-electron chi connectivity index (χ4n) is 3.39. The lowest BCUT2D eigenvalue weighted by molar-refractivity contribution is 0.159. The first-order chi connectivity index (χ1) is 14.2. The first-order valence-corrected chi connectivity index (χ1v) is 11.0. The van der Waals surface area contributed by atoms with Crippen LogP contribution in [-0.4, -0.2) is 62.7 Å². The summed E-state index contributed by atoms with van der Waals surface area (Å²) < 4.78 is 37.9. The third-order valence-corrected chi connectivity index (χ3v) is 5.78. The highest BCUT2D eigenvalue weighted by molar-refractivity contribution is 7.89. The Labute approximate surface area is 176 Å². The Morgan fingerprint density at radius 3 is 2.67 bits per heavy atom. The summed E-state index contributed by atoms with van der Waals surface area (Å²) >= 11 is 0. The molecule has 0 radical (unpaired) electrons. The van der Waals surface area contributed by atoms with Crippen molar-refractivity contribution in [3.8, 4) is 0 Å². The Balaban J connectivity index is 1.92. The highest BCUT2D eigenvalue weighted by Gasteiger charge is 2.32. The van der Waals surface area contributed by atoms with Crippen LogP contribution in [-0.2, 0) is 16.4 Å². The van der Waals surface area contributed by atoms with Crippen LogP contribution in [0.2, 0.25) is 0 Å². The van der Waals surface area contributed by atoms with E-state index in [1.807, 2.05) is 42.0 Å². The lowest BCUT2D eigenvalue weighted by Gasteiger charge is -2.33. The lowest BCUT2D eigenvalue weighted by atomic mass is 10.1. The summed E-state index contributed by atoms with van der Waals surface area (Å²) in [6, 6.07) is 11.6. The van der Waals surface area contributed by atoms with E-state index in [1.54, 1.807) is 6.34 Å². The summed E-state index contributed by atoms with van der Waals surface area (Å²) in [6.45, 7) is 3.00. The minimum absolute atomic E-state index is 0.0252. The van der Waals surface area contributed by atoms with Crippen molar-refractivity contribution in [3.63, 3.8) is 0 Å². The summed E-state index contributed by atoms with van der Waals surface area (Å²) in [6.07, 6.45) is 1.86. The van der Waals surface area contributed by atoms with Crippen molar-refractivity contribution < 1.29 is 17.9 Å². The summed E-state index contributed by atoms with van der Waals surface area (Å²) in [5.74, 6) is -0.724. The van der Waals surface area contributed by atoms with E-state index in [9.17, 15) is 17.9 Å². The lowest BCUT2D eigenvalue weighted by Crippen LogP contribution is -2.46. The molecule has 1 atom stereocenters.